The van der Waals surface area contributed by atoms with Gasteiger partial charge in [0.1, 0.15) is 5.82 Å². The third-order valence-electron chi connectivity index (χ3n) is 1.91. The van der Waals surface area contributed by atoms with Gasteiger partial charge in [0.25, 0.3) is 5.69 Å². The smallest absolute Gasteiger partial charge is 0.282 e. The van der Waals surface area contributed by atoms with Crippen molar-refractivity contribution in [1.29, 1.82) is 0 Å². The number of nitrogen functional groups attached to an aromatic ring is 1. The summed E-state index contributed by atoms with van der Waals surface area (Å²) in [5, 5.41) is 11.2. The number of fused-ring (bicyclic) bond motifs is 1. The van der Waals surface area contributed by atoms with Gasteiger partial charge in [0.05, 0.1) is 21.9 Å². The number of nitrogens with two attached hydrogens (primary N) is 1. The van der Waals surface area contributed by atoms with Crippen molar-refractivity contribution in [3.63, 3.8) is 0 Å². The molecule has 0 spiro atoms. The van der Waals surface area contributed by atoms with Crippen molar-refractivity contribution >= 4 is 22.4 Å². The second-order valence-electron chi connectivity index (χ2n) is 2.84. The second-order valence-corrected chi connectivity index (χ2v) is 2.84. The minimum atomic E-state index is -0.458. The number of rotatable bonds is 1. The fourth-order valence-electron chi connectivity index (χ4n) is 1.33. The Hall–Kier alpha value is -2.17. The van der Waals surface area contributed by atoms with Gasteiger partial charge < -0.3 is 5.73 Å². The maximum Gasteiger partial charge on any atom is 0.282 e. The molecule has 1 aromatic heterocycles. The van der Waals surface area contributed by atoms with Crippen molar-refractivity contribution in [3.8, 4) is 0 Å². The van der Waals surface area contributed by atoms with E-state index in [2.05, 4.69) is 4.98 Å². The molecule has 2 aromatic rings. The molecule has 2 rings (SSSR count). The van der Waals surface area contributed by atoms with E-state index in [1.165, 1.54) is 6.07 Å². The van der Waals surface area contributed by atoms with E-state index < -0.39 is 4.92 Å². The lowest BCUT2D eigenvalue weighted by Gasteiger charge is -1.99. The molecule has 70 valence electrons. The van der Waals surface area contributed by atoms with E-state index in [4.69, 9.17) is 5.73 Å². The van der Waals surface area contributed by atoms with Gasteiger partial charge in [0.15, 0.2) is 0 Å². The SMILES string of the molecule is Nc1cc([N+](=O)[O-])c2ccccc2n1. The van der Waals surface area contributed by atoms with E-state index in [-0.39, 0.29) is 11.5 Å². The van der Waals surface area contributed by atoms with Gasteiger partial charge in [0, 0.05) is 0 Å². The van der Waals surface area contributed by atoms with Gasteiger partial charge >= 0.3 is 0 Å². The second kappa shape index (κ2) is 2.95. The third kappa shape index (κ3) is 1.24. The molecule has 5 heteroatoms. The van der Waals surface area contributed by atoms with Crippen molar-refractivity contribution in [2.24, 2.45) is 0 Å². The number of nitro groups is 1. The fraction of sp³-hybridized carbons (Fsp3) is 0. The lowest BCUT2D eigenvalue weighted by Crippen LogP contribution is -1.95. The quantitative estimate of drug-likeness (QED) is 0.547. The van der Waals surface area contributed by atoms with E-state index in [0.29, 0.717) is 10.9 Å². The number of anilines is 1. The van der Waals surface area contributed by atoms with E-state index in [9.17, 15) is 10.1 Å². The summed E-state index contributed by atoms with van der Waals surface area (Å²) in [5.74, 6) is 0.162. The Morgan fingerprint density at radius 3 is 2.79 bits per heavy atom. The Morgan fingerprint density at radius 2 is 2.07 bits per heavy atom. The van der Waals surface area contributed by atoms with E-state index in [1.54, 1.807) is 24.3 Å². The zero-order valence-electron chi connectivity index (χ0n) is 7.18. The molecule has 1 aromatic carbocycles. The summed E-state index contributed by atoms with van der Waals surface area (Å²) < 4.78 is 0. The van der Waals surface area contributed by atoms with Crippen LogP contribution in [0.5, 0.6) is 0 Å². The van der Waals surface area contributed by atoms with E-state index >= 15 is 0 Å². The Bertz CT molecular complexity index is 510. The molecule has 2 N–H and O–H groups in total. The lowest BCUT2D eigenvalue weighted by molar-refractivity contribution is -0.383. The molecule has 0 atom stereocenters. The average molecular weight is 189 g/mol. The molecule has 0 saturated heterocycles. The van der Waals surface area contributed by atoms with Gasteiger partial charge in [-0.15, -0.1) is 0 Å². The molecule has 0 saturated carbocycles. The van der Waals surface area contributed by atoms with Crippen LogP contribution in [0.25, 0.3) is 10.9 Å². The predicted octanol–water partition coefficient (Wildman–Crippen LogP) is 1.73. The third-order valence-corrected chi connectivity index (χ3v) is 1.91. The van der Waals surface area contributed by atoms with Crippen LogP contribution in [0.3, 0.4) is 0 Å². The van der Waals surface area contributed by atoms with Gasteiger partial charge in [-0.3, -0.25) is 10.1 Å². The first-order chi connectivity index (χ1) is 6.68. The molecule has 0 aliphatic rings. The minimum Gasteiger partial charge on any atom is -0.383 e. The number of hydrogen-bond donors (Lipinski definition) is 1. The number of pyridine rings is 1. The van der Waals surface area contributed by atoms with Crippen molar-refractivity contribution in [2.45, 2.75) is 0 Å². The minimum absolute atomic E-state index is 0.00639. The molecule has 0 radical (unpaired) electrons. The van der Waals surface area contributed by atoms with Crippen LogP contribution in [-0.2, 0) is 0 Å². The van der Waals surface area contributed by atoms with Crippen LogP contribution in [-0.4, -0.2) is 9.91 Å². The van der Waals surface area contributed by atoms with Gasteiger partial charge in [-0.25, -0.2) is 4.98 Å². The standard InChI is InChI=1S/C9H7N3O2/c10-9-5-8(12(13)14)6-3-1-2-4-7(6)11-9/h1-5H,(H2,10,11). The van der Waals surface area contributed by atoms with Crippen LogP contribution in [0.2, 0.25) is 0 Å². The first-order valence-corrected chi connectivity index (χ1v) is 3.98. The summed E-state index contributed by atoms with van der Waals surface area (Å²) in [5.41, 5.74) is 5.98. The monoisotopic (exact) mass is 189 g/mol. The van der Waals surface area contributed by atoms with Crippen molar-refractivity contribution < 1.29 is 4.92 Å². The number of para-hydroxylation sites is 1. The average Bonchev–Trinajstić information content (AvgIpc) is 2.16. The molecule has 1 heterocycles. The van der Waals surface area contributed by atoms with Crippen LogP contribution in [0.1, 0.15) is 0 Å². The van der Waals surface area contributed by atoms with Crippen LogP contribution in [0.4, 0.5) is 11.5 Å². The van der Waals surface area contributed by atoms with Crippen molar-refractivity contribution in [1.82, 2.24) is 4.98 Å². The molecular formula is C9H7N3O2. The van der Waals surface area contributed by atoms with Crippen molar-refractivity contribution in [2.75, 3.05) is 5.73 Å². The lowest BCUT2D eigenvalue weighted by atomic mass is 10.2. The summed E-state index contributed by atoms with van der Waals surface area (Å²) in [4.78, 5) is 14.2. The number of nitrogens with zero attached hydrogens (tertiary/aromatic N) is 2. The first kappa shape index (κ1) is 8.43. The molecular weight excluding hydrogens is 182 g/mol. The summed E-state index contributed by atoms with van der Waals surface area (Å²) in [6.45, 7) is 0. The van der Waals surface area contributed by atoms with Crippen LogP contribution >= 0.6 is 0 Å². The zero-order chi connectivity index (χ0) is 10.1. The van der Waals surface area contributed by atoms with Crippen LogP contribution in [0.15, 0.2) is 30.3 Å². The number of hydrogen-bond acceptors (Lipinski definition) is 4. The predicted molar refractivity (Wildman–Crippen MR) is 52.8 cm³/mol. The van der Waals surface area contributed by atoms with Crippen LogP contribution < -0.4 is 5.73 Å². The molecule has 0 unspecified atom stereocenters. The molecule has 0 fully saturated rings. The molecule has 0 aliphatic heterocycles. The zero-order valence-corrected chi connectivity index (χ0v) is 7.18. The highest BCUT2D eigenvalue weighted by Crippen LogP contribution is 2.25. The summed E-state index contributed by atoms with van der Waals surface area (Å²) >= 11 is 0. The van der Waals surface area contributed by atoms with Crippen molar-refractivity contribution in [3.05, 3.63) is 40.4 Å². The number of aromatic nitrogens is 1. The molecule has 14 heavy (non-hydrogen) atoms. The van der Waals surface area contributed by atoms with Crippen LogP contribution in [0, 0.1) is 10.1 Å². The van der Waals surface area contributed by atoms with Gasteiger partial charge in [0.2, 0.25) is 0 Å². The highest BCUT2D eigenvalue weighted by atomic mass is 16.6. The highest BCUT2D eigenvalue weighted by Gasteiger charge is 2.12. The van der Waals surface area contributed by atoms with Gasteiger partial charge in [-0.05, 0) is 12.1 Å². The number of benzene rings is 1. The molecule has 0 aliphatic carbocycles. The summed E-state index contributed by atoms with van der Waals surface area (Å²) in [6, 6.07) is 8.10. The van der Waals surface area contributed by atoms with E-state index in [1.807, 2.05) is 0 Å². The maximum atomic E-state index is 10.7. The maximum absolute atomic E-state index is 10.7. The van der Waals surface area contributed by atoms with E-state index in [0.717, 1.165) is 0 Å². The normalized spacial score (nSPS) is 10.3. The first-order valence-electron chi connectivity index (χ1n) is 3.98. The molecule has 0 amide bonds. The Kier molecular flexibility index (Phi) is 1.78. The largest absolute Gasteiger partial charge is 0.383 e. The Balaban J connectivity index is 2.87. The fourth-order valence-corrected chi connectivity index (χ4v) is 1.33. The molecule has 5 nitrogen and oxygen atoms in total. The Morgan fingerprint density at radius 1 is 1.36 bits per heavy atom. The van der Waals surface area contributed by atoms with Gasteiger partial charge in [-0.2, -0.15) is 0 Å². The summed E-state index contributed by atoms with van der Waals surface area (Å²) in [6.07, 6.45) is 0. The summed E-state index contributed by atoms with van der Waals surface area (Å²) in [7, 11) is 0. The van der Waals surface area contributed by atoms with Gasteiger partial charge in [-0.1, -0.05) is 12.1 Å². The topological polar surface area (TPSA) is 82.0 Å². The molecule has 0 bridgehead atoms. The Labute approximate surface area is 79.3 Å². The highest BCUT2D eigenvalue weighted by molar-refractivity contribution is 5.89.